The number of hydrogen-bond acceptors (Lipinski definition) is 6. The summed E-state index contributed by atoms with van der Waals surface area (Å²) < 4.78 is 88.2. The van der Waals surface area contributed by atoms with Gasteiger partial charge in [-0.3, -0.25) is 4.79 Å². The molecule has 8 nitrogen and oxygen atoms in total. The summed E-state index contributed by atoms with van der Waals surface area (Å²) in [5, 5.41) is 12.0. The molecule has 0 aliphatic heterocycles. The van der Waals surface area contributed by atoms with Crippen LogP contribution in [0.25, 0.3) is 0 Å². The van der Waals surface area contributed by atoms with Crippen molar-refractivity contribution >= 4 is 41.1 Å². The van der Waals surface area contributed by atoms with Gasteiger partial charge in [0.2, 0.25) is 12.2 Å². The van der Waals surface area contributed by atoms with Crippen LogP contribution < -0.4 is 5.32 Å². The monoisotopic (exact) mass is 603 g/mol. The Bertz CT molecular complexity index is 1470. The summed E-state index contributed by atoms with van der Waals surface area (Å²) in [6.45, 7) is 0. The quantitative estimate of drug-likeness (QED) is 0.245. The van der Waals surface area contributed by atoms with E-state index in [0.717, 1.165) is 24.3 Å². The summed E-state index contributed by atoms with van der Waals surface area (Å²) in [5.41, 5.74) is -4.09. The molecule has 0 unspecified atom stereocenters. The fourth-order valence-corrected chi connectivity index (χ4v) is 3.48. The highest BCUT2D eigenvalue weighted by atomic mass is 35.5. The zero-order valence-corrected chi connectivity index (χ0v) is 20.9. The van der Waals surface area contributed by atoms with Crippen LogP contribution in [-0.2, 0) is 31.4 Å². The Morgan fingerprint density at radius 1 is 0.707 bits per heavy atom. The molecular weight excluding hydrogens is 588 g/mol. The predicted octanol–water partition coefficient (Wildman–Crippen LogP) is 5.85. The first-order valence-corrected chi connectivity index (χ1v) is 11.5. The van der Waals surface area contributed by atoms with Crippen molar-refractivity contribution in [2.45, 2.75) is 24.6 Å². The topological polar surface area (TPSA) is 119 Å². The Hall–Kier alpha value is -4.59. The minimum atomic E-state index is -4.87. The van der Waals surface area contributed by atoms with Gasteiger partial charge in [-0.2, -0.15) is 26.3 Å². The van der Waals surface area contributed by atoms with Crippen LogP contribution >= 0.6 is 11.6 Å². The number of aliphatic carboxylic acids is 1. The number of amides is 1. The summed E-state index contributed by atoms with van der Waals surface area (Å²) in [6.07, 6.45) is -14.9. The molecule has 0 fully saturated rings. The highest BCUT2D eigenvalue weighted by Gasteiger charge is 2.42. The number of anilines is 1. The van der Waals surface area contributed by atoms with Gasteiger partial charge in [0.05, 0.1) is 22.3 Å². The maximum Gasteiger partial charge on any atom is 0.416 e. The Kier molecular flexibility index (Phi) is 9.28. The van der Waals surface area contributed by atoms with Crippen LogP contribution in [0.5, 0.6) is 0 Å². The number of ether oxygens (including phenoxy) is 2. The molecule has 0 bridgehead atoms. The van der Waals surface area contributed by atoms with Gasteiger partial charge < -0.3 is 19.9 Å². The van der Waals surface area contributed by atoms with E-state index >= 15 is 0 Å². The second kappa shape index (κ2) is 12.3. The molecule has 0 aliphatic rings. The van der Waals surface area contributed by atoms with Gasteiger partial charge >= 0.3 is 30.3 Å². The largest absolute Gasteiger partial charge is 0.478 e. The molecule has 2 N–H and O–H groups in total. The minimum Gasteiger partial charge on any atom is -0.478 e. The second-order valence-electron chi connectivity index (χ2n) is 8.15. The van der Waals surface area contributed by atoms with Gasteiger partial charge in [0, 0.05) is 10.7 Å². The Morgan fingerprint density at radius 2 is 1.17 bits per heavy atom. The number of hydrogen-bond donors (Lipinski definition) is 2. The molecule has 15 heteroatoms. The predicted molar refractivity (Wildman–Crippen MR) is 129 cm³/mol. The average Bonchev–Trinajstić information content (AvgIpc) is 2.89. The van der Waals surface area contributed by atoms with Crippen molar-refractivity contribution in [3.05, 3.63) is 100 Å². The molecular formula is C26H16ClF6NO7. The first-order chi connectivity index (χ1) is 19.1. The maximum absolute atomic E-state index is 13.1. The maximum atomic E-state index is 13.1. The number of carboxylic acid groups (broad SMARTS) is 1. The fourth-order valence-electron chi connectivity index (χ4n) is 3.29. The van der Waals surface area contributed by atoms with Crippen LogP contribution in [0.4, 0.5) is 32.0 Å². The number of esters is 2. The molecule has 1 amide bonds. The van der Waals surface area contributed by atoms with Crippen molar-refractivity contribution in [1.29, 1.82) is 0 Å². The number of nitrogens with one attached hydrogen (secondary N) is 1. The van der Waals surface area contributed by atoms with Crippen LogP contribution in [-0.4, -0.2) is 41.1 Å². The number of carbonyl (C=O) groups is 4. The molecule has 3 rings (SSSR count). The molecule has 0 saturated heterocycles. The van der Waals surface area contributed by atoms with E-state index in [-0.39, 0.29) is 10.7 Å². The molecule has 0 aromatic heterocycles. The normalized spacial score (nSPS) is 13.0. The highest BCUT2D eigenvalue weighted by Crippen LogP contribution is 2.31. The van der Waals surface area contributed by atoms with Gasteiger partial charge in [-0.25, -0.2) is 14.4 Å². The lowest BCUT2D eigenvalue weighted by molar-refractivity contribution is -0.157. The SMILES string of the molecule is O=C(O[C@H](C(=O)Nc1cccc(Cl)c1)[C@@H](OC(=O)c1cccc(C(F)(F)F)c1)C(=O)O)c1cccc(C(F)(F)F)c1. The number of benzene rings is 3. The van der Waals surface area contributed by atoms with E-state index in [1.165, 1.54) is 24.3 Å². The van der Waals surface area contributed by atoms with Crippen molar-refractivity contribution in [1.82, 2.24) is 0 Å². The van der Waals surface area contributed by atoms with E-state index in [2.05, 4.69) is 5.32 Å². The molecule has 2 atom stereocenters. The lowest BCUT2D eigenvalue weighted by Gasteiger charge is -2.24. The summed E-state index contributed by atoms with van der Waals surface area (Å²) in [4.78, 5) is 50.4. The van der Waals surface area contributed by atoms with Crippen LogP contribution in [0.15, 0.2) is 72.8 Å². The Balaban J connectivity index is 1.97. The Labute approximate surface area is 231 Å². The number of rotatable bonds is 8. The number of carbonyl (C=O) groups excluding carboxylic acids is 3. The molecule has 0 aliphatic carbocycles. The molecule has 0 radical (unpaired) electrons. The molecule has 41 heavy (non-hydrogen) atoms. The number of halogens is 7. The third kappa shape index (κ3) is 8.20. The van der Waals surface area contributed by atoms with Crippen LogP contribution in [0.1, 0.15) is 31.8 Å². The van der Waals surface area contributed by atoms with Crippen molar-refractivity contribution in [2.24, 2.45) is 0 Å². The van der Waals surface area contributed by atoms with Crippen LogP contribution in [0, 0.1) is 0 Å². The van der Waals surface area contributed by atoms with E-state index < -0.39 is 70.6 Å². The minimum absolute atomic E-state index is 0.0454. The van der Waals surface area contributed by atoms with Gasteiger partial charge in [0.25, 0.3) is 5.91 Å². The van der Waals surface area contributed by atoms with Gasteiger partial charge in [-0.15, -0.1) is 0 Å². The fraction of sp³-hybridized carbons (Fsp3) is 0.154. The number of carboxylic acids is 1. The lowest BCUT2D eigenvalue weighted by atomic mass is 10.1. The van der Waals surface area contributed by atoms with Crippen molar-refractivity contribution in [3.8, 4) is 0 Å². The first-order valence-electron chi connectivity index (χ1n) is 11.1. The standard InChI is InChI=1S/C26H16ClF6NO7/c27-17-8-3-9-18(12-17)34-21(35)19(40-23(38)13-4-1-6-15(10-13)25(28,29)30)20(22(36)37)41-24(39)14-5-2-7-16(11-14)26(31,32)33/h1-12,19-20H,(H,34,35)(H,36,37)/t19-,20+/m0/s1. The highest BCUT2D eigenvalue weighted by molar-refractivity contribution is 6.30. The van der Waals surface area contributed by atoms with Gasteiger partial charge in [0.15, 0.2) is 0 Å². The van der Waals surface area contributed by atoms with Gasteiger partial charge in [0.1, 0.15) is 0 Å². The van der Waals surface area contributed by atoms with Crippen molar-refractivity contribution in [2.75, 3.05) is 5.32 Å². The molecule has 0 spiro atoms. The van der Waals surface area contributed by atoms with E-state index in [0.29, 0.717) is 24.3 Å². The number of alkyl halides is 6. The van der Waals surface area contributed by atoms with Crippen LogP contribution in [0.3, 0.4) is 0 Å². The molecule has 3 aromatic rings. The third-order valence-corrected chi connectivity index (χ3v) is 5.42. The molecule has 0 saturated carbocycles. The average molecular weight is 604 g/mol. The molecule has 3 aromatic carbocycles. The third-order valence-electron chi connectivity index (χ3n) is 5.19. The first kappa shape index (κ1) is 30.9. The van der Waals surface area contributed by atoms with Crippen molar-refractivity contribution < 1.29 is 60.1 Å². The van der Waals surface area contributed by atoms with E-state index in [1.54, 1.807) is 0 Å². The van der Waals surface area contributed by atoms with Gasteiger partial charge in [-0.05, 0) is 54.6 Å². The molecule has 0 heterocycles. The van der Waals surface area contributed by atoms with Crippen LogP contribution in [0.2, 0.25) is 5.02 Å². The molecule has 216 valence electrons. The smallest absolute Gasteiger partial charge is 0.416 e. The second-order valence-corrected chi connectivity index (χ2v) is 8.58. The zero-order valence-electron chi connectivity index (χ0n) is 20.1. The summed E-state index contributed by atoms with van der Waals surface area (Å²) in [5.74, 6) is -6.74. The summed E-state index contributed by atoms with van der Waals surface area (Å²) >= 11 is 5.85. The Morgan fingerprint density at radius 3 is 1.61 bits per heavy atom. The van der Waals surface area contributed by atoms with E-state index in [4.69, 9.17) is 21.1 Å². The van der Waals surface area contributed by atoms with Gasteiger partial charge in [-0.1, -0.05) is 29.8 Å². The zero-order chi connectivity index (χ0) is 30.5. The van der Waals surface area contributed by atoms with E-state index in [1.807, 2.05) is 0 Å². The summed E-state index contributed by atoms with van der Waals surface area (Å²) in [7, 11) is 0. The lowest BCUT2D eigenvalue weighted by Crippen LogP contribution is -2.48. The van der Waals surface area contributed by atoms with Crippen molar-refractivity contribution in [3.63, 3.8) is 0 Å². The summed E-state index contributed by atoms with van der Waals surface area (Å²) in [6, 6.07) is 10.7. The van der Waals surface area contributed by atoms with E-state index in [9.17, 15) is 50.6 Å².